The first-order chi connectivity index (χ1) is 15.9. The zero-order valence-corrected chi connectivity index (χ0v) is 21.2. The molecule has 2 fully saturated rings. The van der Waals surface area contributed by atoms with E-state index < -0.39 is 0 Å². The Morgan fingerprint density at radius 2 is 1.79 bits per heavy atom. The molecule has 168 valence electrons. The number of piperazine rings is 1. The van der Waals surface area contributed by atoms with Gasteiger partial charge in [-0.1, -0.05) is 22.3 Å². The van der Waals surface area contributed by atoms with Crippen LogP contribution < -0.4 is 15.1 Å². The second-order valence-electron chi connectivity index (χ2n) is 8.52. The number of benzene rings is 1. The van der Waals surface area contributed by atoms with E-state index in [9.17, 15) is 0 Å². The van der Waals surface area contributed by atoms with Gasteiger partial charge in [0.2, 0.25) is 0 Å². The van der Waals surface area contributed by atoms with Gasteiger partial charge in [0.15, 0.2) is 0 Å². The van der Waals surface area contributed by atoms with Gasteiger partial charge in [0, 0.05) is 71.9 Å². The summed E-state index contributed by atoms with van der Waals surface area (Å²) in [4.78, 5) is 14.2. The summed E-state index contributed by atoms with van der Waals surface area (Å²) in [6.07, 6.45) is 6.16. The largest absolute Gasteiger partial charge is 0.374 e. The third kappa shape index (κ3) is 4.44. The second kappa shape index (κ2) is 9.92. The van der Waals surface area contributed by atoms with Crippen LogP contribution in [0.1, 0.15) is 24.4 Å². The quantitative estimate of drug-likeness (QED) is 0.297. The van der Waals surface area contributed by atoms with Crippen molar-refractivity contribution in [2.75, 3.05) is 42.5 Å². The van der Waals surface area contributed by atoms with Crippen LogP contribution in [0.4, 0.5) is 11.4 Å². The molecule has 5 heterocycles. The van der Waals surface area contributed by atoms with Crippen molar-refractivity contribution < 1.29 is 21.1 Å². The molecule has 2 aliphatic heterocycles. The predicted octanol–water partition coefficient (Wildman–Crippen LogP) is 4.91. The van der Waals surface area contributed by atoms with Crippen LogP contribution in [-0.4, -0.2) is 42.7 Å². The summed E-state index contributed by atoms with van der Waals surface area (Å²) in [5.74, 6) is 0. The minimum Gasteiger partial charge on any atom is -0.374 e. The summed E-state index contributed by atoms with van der Waals surface area (Å²) >= 11 is 1.67. The molecule has 1 unspecified atom stereocenters. The minimum absolute atomic E-state index is 0. The molecule has 0 bridgehead atoms. The average molecular weight is 537 g/mol. The Morgan fingerprint density at radius 1 is 1.00 bits per heavy atom. The molecule has 5 nitrogen and oxygen atoms in total. The van der Waals surface area contributed by atoms with Gasteiger partial charge in [0.05, 0.1) is 11.7 Å². The van der Waals surface area contributed by atoms with Crippen LogP contribution in [0.5, 0.6) is 0 Å². The molecule has 4 aromatic rings. The summed E-state index contributed by atoms with van der Waals surface area (Å²) in [5, 5.41) is 6.74. The van der Waals surface area contributed by atoms with E-state index in [1.807, 2.05) is 18.5 Å². The molecule has 3 aromatic heterocycles. The van der Waals surface area contributed by atoms with E-state index in [1.165, 1.54) is 28.1 Å². The number of pyridine rings is 2. The van der Waals surface area contributed by atoms with Crippen LogP contribution in [0, 0.1) is 5.38 Å². The van der Waals surface area contributed by atoms with Gasteiger partial charge in [-0.2, -0.15) is 6.07 Å². The van der Waals surface area contributed by atoms with Crippen molar-refractivity contribution >= 4 is 32.9 Å². The summed E-state index contributed by atoms with van der Waals surface area (Å²) in [7, 11) is 0. The van der Waals surface area contributed by atoms with Gasteiger partial charge in [-0.15, -0.1) is 5.38 Å². The molecular weight excluding hydrogens is 510 g/mol. The number of hydrogen-bond acceptors (Lipinski definition) is 6. The van der Waals surface area contributed by atoms with Crippen molar-refractivity contribution in [1.29, 1.82) is 0 Å². The fraction of sp³-hybridized carbons (Fsp3) is 0.308. The van der Waals surface area contributed by atoms with Gasteiger partial charge in [-0.25, -0.2) is 0 Å². The smallest absolute Gasteiger partial charge is 0.0557 e. The number of aromatic nitrogens is 2. The van der Waals surface area contributed by atoms with Crippen LogP contribution >= 0.6 is 11.3 Å². The van der Waals surface area contributed by atoms with Crippen molar-refractivity contribution in [3.05, 3.63) is 71.9 Å². The monoisotopic (exact) mass is 538 g/mol. The average Bonchev–Trinajstić information content (AvgIpc) is 3.54. The van der Waals surface area contributed by atoms with E-state index in [0.29, 0.717) is 6.04 Å². The maximum atomic E-state index is 5.00. The molecule has 0 radical (unpaired) electrons. The normalized spacial score (nSPS) is 18.5. The maximum absolute atomic E-state index is 5.00. The first-order valence-electron chi connectivity index (χ1n) is 11.4. The number of fused-ring (bicyclic) bond motifs is 1. The topological polar surface area (TPSA) is 44.3 Å². The minimum atomic E-state index is 0. The van der Waals surface area contributed by atoms with E-state index in [4.69, 9.17) is 4.98 Å². The van der Waals surface area contributed by atoms with E-state index in [0.717, 1.165) is 55.9 Å². The third-order valence-electron chi connectivity index (χ3n) is 6.63. The summed E-state index contributed by atoms with van der Waals surface area (Å²) < 4.78 is 1.23. The number of anilines is 2. The van der Waals surface area contributed by atoms with Gasteiger partial charge in [-0.3, -0.25) is 16.3 Å². The molecule has 33 heavy (non-hydrogen) atoms. The van der Waals surface area contributed by atoms with Crippen LogP contribution in [0.15, 0.2) is 60.9 Å². The zero-order chi connectivity index (χ0) is 21.3. The van der Waals surface area contributed by atoms with Crippen molar-refractivity contribution in [2.24, 2.45) is 0 Å². The summed E-state index contributed by atoms with van der Waals surface area (Å²) in [6.45, 7) is 5.28. The van der Waals surface area contributed by atoms with Crippen molar-refractivity contribution in [1.82, 2.24) is 15.3 Å². The van der Waals surface area contributed by atoms with Crippen molar-refractivity contribution in [3.8, 4) is 11.3 Å². The number of nitrogens with zero attached hydrogens (tertiary/aromatic N) is 4. The number of hydrogen-bond donors (Lipinski definition) is 1. The SMILES string of the molecule is [Mo].[c-]1cc2nc(-c3ccc(N4CCNCC4)cc3)cc(N3CCCC3c3ccncc3)c2s1. The van der Waals surface area contributed by atoms with E-state index in [-0.39, 0.29) is 21.1 Å². The van der Waals surface area contributed by atoms with Crippen molar-refractivity contribution in [3.63, 3.8) is 0 Å². The molecule has 0 saturated carbocycles. The van der Waals surface area contributed by atoms with Gasteiger partial charge in [-0.05, 0) is 60.0 Å². The Morgan fingerprint density at radius 3 is 2.58 bits per heavy atom. The fourth-order valence-electron chi connectivity index (χ4n) is 5.00. The van der Waals surface area contributed by atoms with E-state index in [2.05, 4.69) is 67.9 Å². The Hall–Kier alpha value is -2.27. The molecule has 0 spiro atoms. The van der Waals surface area contributed by atoms with Gasteiger partial charge in [0.25, 0.3) is 0 Å². The number of nitrogens with one attached hydrogen (secondary N) is 1. The second-order valence-corrected chi connectivity index (χ2v) is 9.37. The molecule has 2 aliphatic rings. The van der Waals surface area contributed by atoms with Crippen LogP contribution in [0.2, 0.25) is 0 Å². The molecule has 1 N–H and O–H groups in total. The van der Waals surface area contributed by atoms with Gasteiger partial charge >= 0.3 is 0 Å². The van der Waals surface area contributed by atoms with E-state index in [1.54, 1.807) is 11.3 Å². The first-order valence-corrected chi connectivity index (χ1v) is 12.2. The molecular formula is C26H26MoN5S-. The maximum Gasteiger partial charge on any atom is 0.0557 e. The Bertz CT molecular complexity index is 1200. The molecule has 6 rings (SSSR count). The van der Waals surface area contributed by atoms with Gasteiger partial charge in [0.1, 0.15) is 0 Å². The molecule has 1 aromatic carbocycles. The summed E-state index contributed by atoms with van der Waals surface area (Å²) in [5.41, 5.74) is 7.14. The number of thiophene rings is 1. The third-order valence-corrected chi connectivity index (χ3v) is 7.49. The molecule has 0 amide bonds. The fourth-order valence-corrected chi connectivity index (χ4v) is 5.78. The first kappa shape index (κ1) is 22.5. The molecule has 1 atom stereocenters. The Labute approximate surface area is 213 Å². The van der Waals surface area contributed by atoms with Crippen molar-refractivity contribution in [2.45, 2.75) is 18.9 Å². The van der Waals surface area contributed by atoms with Crippen LogP contribution in [0.25, 0.3) is 21.5 Å². The number of rotatable bonds is 4. The Balaban J connectivity index is 0.00000228. The Kier molecular flexibility index (Phi) is 6.77. The summed E-state index contributed by atoms with van der Waals surface area (Å²) in [6, 6.07) is 17.9. The van der Waals surface area contributed by atoms with Crippen LogP contribution in [-0.2, 0) is 21.1 Å². The van der Waals surface area contributed by atoms with E-state index >= 15 is 0 Å². The molecule has 7 heteroatoms. The predicted molar refractivity (Wildman–Crippen MR) is 133 cm³/mol. The van der Waals surface area contributed by atoms with Crippen LogP contribution in [0.3, 0.4) is 0 Å². The zero-order valence-electron chi connectivity index (χ0n) is 18.4. The molecule has 0 aliphatic carbocycles. The standard InChI is InChI=1S/C26H26N5S.Mo/c1-2-24(20-7-10-27-11-8-20)31(14-1)25-18-23(29-22-9-17-32-26(22)25)19-3-5-21(6-4-19)30-15-12-28-13-16-30;/h3-11,18,24,28H,1-2,12-16H2;/q-1;. The van der Waals surface area contributed by atoms with Gasteiger partial charge < -0.3 is 20.1 Å². The molecule has 2 saturated heterocycles.